The van der Waals surface area contributed by atoms with Crippen LogP contribution in [0, 0.1) is 13.7 Å². The normalized spacial score (nSPS) is 24.0. The minimum Gasteiger partial charge on any atom is -0.423 e. The van der Waals surface area contributed by atoms with Crippen molar-refractivity contribution < 1.29 is 22.4 Å². The highest BCUT2D eigenvalue weighted by atomic mass is 16.4. The Morgan fingerprint density at radius 1 is 1.36 bits per heavy atom. The highest BCUT2D eigenvalue weighted by Gasteiger charge is 2.10. The van der Waals surface area contributed by atoms with E-state index in [1.165, 1.54) is 0 Å². The van der Waals surface area contributed by atoms with E-state index in [0.29, 0.717) is 0 Å². The zero-order valence-electron chi connectivity index (χ0n) is 14.5. The molecule has 0 heterocycles. The molecule has 0 saturated heterocycles. The van der Waals surface area contributed by atoms with Crippen LogP contribution in [0.2, 0.25) is 0 Å². The molecule has 3 heteroatoms. The topological polar surface area (TPSA) is 40.5 Å². The van der Waals surface area contributed by atoms with E-state index in [2.05, 4.69) is 0 Å². The molecule has 0 atom stereocenters. The fourth-order valence-electron chi connectivity index (χ4n) is 0.550. The smallest absolute Gasteiger partial charge is 0.423 e. The molecule has 0 radical (unpaired) electrons. The highest BCUT2D eigenvalue weighted by molar-refractivity contribution is 6.58. The molecule has 0 aliphatic heterocycles. The molecule has 0 fully saturated rings. The maximum atomic E-state index is 9.10. The Bertz CT molecular complexity index is 534. The molecule has 11 heavy (non-hydrogen) atoms. The van der Waals surface area contributed by atoms with E-state index in [4.69, 9.17) is 22.4 Å². The van der Waals surface area contributed by atoms with Crippen LogP contribution in [0.4, 0.5) is 0 Å². The third-order valence-corrected chi connectivity index (χ3v) is 1.09. The molecule has 2 nitrogen and oxygen atoms in total. The van der Waals surface area contributed by atoms with Gasteiger partial charge in [-0.15, -0.1) is 0 Å². The number of benzene rings is 1. The molecular weight excluding hydrogens is 139 g/mol. The maximum absolute atomic E-state index is 9.10. The van der Waals surface area contributed by atoms with Crippen LogP contribution in [0.15, 0.2) is 18.1 Å². The second-order valence-electron chi connectivity index (χ2n) is 1.91. The average molecular weight is 159 g/mol. The average Bonchev–Trinajstić information content (AvgIpc) is 2.18. The first-order valence-corrected chi connectivity index (χ1v) is 2.81. The maximum Gasteiger partial charge on any atom is 0.488 e. The zero-order chi connectivity index (χ0) is 16.0. The van der Waals surface area contributed by atoms with E-state index in [-0.39, 0.29) is 0 Å². The van der Waals surface area contributed by atoms with Gasteiger partial charge in [0.25, 0.3) is 0 Å². The van der Waals surface area contributed by atoms with Gasteiger partial charge in [-0.25, -0.2) is 0 Å². The Kier molecular flexibility index (Phi) is 0.655. The lowest BCUT2D eigenvalue weighted by molar-refractivity contribution is 0.425. The molecule has 0 bridgehead atoms. The fraction of sp³-hybridized carbons (Fsp3) is 0.250. The highest BCUT2D eigenvalue weighted by Crippen LogP contribution is 2.02. The predicted molar refractivity (Wildman–Crippen MR) is 45.7 cm³/mol. The monoisotopic (exact) mass is 159 g/mol. The van der Waals surface area contributed by atoms with Gasteiger partial charge in [0.15, 0.2) is 0 Å². The van der Waals surface area contributed by atoms with Crippen molar-refractivity contribution in [1.29, 1.82) is 0 Å². The van der Waals surface area contributed by atoms with Crippen LogP contribution in [0.5, 0.6) is 0 Å². The summed E-state index contributed by atoms with van der Waals surface area (Å²) in [7, 11) is -2.34. The van der Waals surface area contributed by atoms with Gasteiger partial charge in [0, 0.05) is 8.22 Å². The predicted octanol–water partition coefficient (Wildman–Crippen LogP) is -0.0168. The Morgan fingerprint density at radius 2 is 2.09 bits per heavy atom. The van der Waals surface area contributed by atoms with Gasteiger partial charge < -0.3 is 10.0 Å². The van der Waals surface area contributed by atoms with E-state index in [1.54, 1.807) is 0 Å². The van der Waals surface area contributed by atoms with Gasteiger partial charge >= 0.3 is 7.12 Å². The standard InChI is InChI=1S/C8H11BO2/c1-6-3-4-8(9(10)11)5-7(6)2/h3-5,10-11H,1-2H3/i1D3,2D3,3D,4D,5D. The molecule has 0 unspecified atom stereocenters. The summed E-state index contributed by atoms with van der Waals surface area (Å²) in [5.74, 6) is 0. The first kappa shape index (κ1) is 2.34. The van der Waals surface area contributed by atoms with Crippen molar-refractivity contribution >= 4 is 12.6 Å². The van der Waals surface area contributed by atoms with E-state index in [9.17, 15) is 0 Å². The number of hydrogen-bond acceptors (Lipinski definition) is 2. The summed E-state index contributed by atoms with van der Waals surface area (Å²) in [6.07, 6.45) is 0. The summed E-state index contributed by atoms with van der Waals surface area (Å²) < 4.78 is 66.5. The summed E-state index contributed by atoms with van der Waals surface area (Å²) in [6, 6.07) is -2.80. The van der Waals surface area contributed by atoms with E-state index < -0.39 is 55.5 Å². The quantitative estimate of drug-likeness (QED) is 0.565. The van der Waals surface area contributed by atoms with Gasteiger partial charge in [-0.3, -0.25) is 0 Å². The fourth-order valence-corrected chi connectivity index (χ4v) is 0.550. The minimum absolute atomic E-state index is 0.797. The zero-order valence-corrected chi connectivity index (χ0v) is 5.47. The first-order chi connectivity index (χ1) is 8.80. The van der Waals surface area contributed by atoms with Gasteiger partial charge in [-0.1, -0.05) is 18.1 Å². The molecule has 0 spiro atoms. The summed E-state index contributed by atoms with van der Waals surface area (Å²) in [6.45, 7) is -6.04. The Hall–Kier alpha value is -0.795. The lowest BCUT2D eigenvalue weighted by atomic mass is 9.79. The molecule has 1 aromatic rings. The van der Waals surface area contributed by atoms with Crippen LogP contribution in [0.25, 0.3) is 0 Å². The largest absolute Gasteiger partial charge is 0.488 e. The van der Waals surface area contributed by atoms with Crippen LogP contribution in [-0.4, -0.2) is 17.2 Å². The molecule has 1 aromatic carbocycles. The molecular formula is C8H11BO2. The van der Waals surface area contributed by atoms with Crippen molar-refractivity contribution in [2.45, 2.75) is 13.7 Å². The van der Waals surface area contributed by atoms with Gasteiger partial charge in [-0.05, 0) is 30.3 Å². The third-order valence-electron chi connectivity index (χ3n) is 1.09. The van der Waals surface area contributed by atoms with Crippen molar-refractivity contribution in [2.75, 3.05) is 0 Å². The SMILES string of the molecule is [2H]c1c([2H])c(C([2H])([2H])[2H])c(C([2H])([2H])[2H])c([2H])c1B(O)O. The minimum atomic E-state index is -3.03. The van der Waals surface area contributed by atoms with Crippen molar-refractivity contribution in [3.63, 3.8) is 0 Å². The van der Waals surface area contributed by atoms with Crippen molar-refractivity contribution in [3.8, 4) is 0 Å². The number of rotatable bonds is 1. The van der Waals surface area contributed by atoms with Crippen molar-refractivity contribution in [3.05, 3.63) is 29.3 Å². The molecule has 58 valence electrons. The molecule has 0 saturated carbocycles. The van der Waals surface area contributed by atoms with Crippen molar-refractivity contribution in [2.24, 2.45) is 0 Å². The van der Waals surface area contributed by atoms with Crippen LogP contribution >= 0.6 is 0 Å². The molecule has 0 amide bonds. The molecule has 0 aromatic heterocycles. The third kappa shape index (κ3) is 1.82. The van der Waals surface area contributed by atoms with E-state index in [1.807, 2.05) is 0 Å². The van der Waals surface area contributed by atoms with Gasteiger partial charge in [0.2, 0.25) is 0 Å². The summed E-state index contributed by atoms with van der Waals surface area (Å²) >= 11 is 0. The van der Waals surface area contributed by atoms with Crippen LogP contribution < -0.4 is 5.46 Å². The van der Waals surface area contributed by atoms with Gasteiger partial charge in [0.1, 0.15) is 0 Å². The summed E-state index contributed by atoms with van der Waals surface area (Å²) in [5.41, 5.74) is -2.69. The van der Waals surface area contributed by atoms with Crippen molar-refractivity contribution in [1.82, 2.24) is 0 Å². The Labute approximate surface area is 79.3 Å². The lowest BCUT2D eigenvalue weighted by Crippen LogP contribution is -2.29. The Balaban J connectivity index is 3.97. The van der Waals surface area contributed by atoms with E-state index in [0.717, 1.165) is 0 Å². The van der Waals surface area contributed by atoms with Gasteiger partial charge in [-0.2, -0.15) is 0 Å². The van der Waals surface area contributed by atoms with E-state index >= 15 is 0 Å². The van der Waals surface area contributed by atoms with Crippen LogP contribution in [-0.2, 0) is 0 Å². The van der Waals surface area contributed by atoms with Gasteiger partial charge in [0.05, 0.1) is 4.11 Å². The second-order valence-corrected chi connectivity index (χ2v) is 1.91. The molecule has 0 aliphatic carbocycles. The first-order valence-electron chi connectivity index (χ1n) is 7.31. The number of hydrogen-bond donors (Lipinski definition) is 2. The molecule has 1 rings (SSSR count). The molecule has 2 N–H and O–H groups in total. The summed E-state index contributed by atoms with van der Waals surface area (Å²) in [4.78, 5) is 0. The van der Waals surface area contributed by atoms with Crippen LogP contribution in [0.1, 0.15) is 23.5 Å². The summed E-state index contributed by atoms with van der Waals surface area (Å²) in [5, 5.41) is 18.2. The second kappa shape index (κ2) is 3.07. The van der Waals surface area contributed by atoms with Crippen LogP contribution in [0.3, 0.4) is 0 Å². The lowest BCUT2D eigenvalue weighted by Gasteiger charge is -2.02. The molecule has 0 aliphatic rings. The Morgan fingerprint density at radius 3 is 2.64 bits per heavy atom.